The van der Waals surface area contributed by atoms with Gasteiger partial charge in [0.25, 0.3) is 5.91 Å². The minimum absolute atomic E-state index is 0.118. The minimum Gasteiger partial charge on any atom is -0.367 e. The zero-order valence-electron chi connectivity index (χ0n) is 14.7. The Bertz CT molecular complexity index is 652. The van der Waals surface area contributed by atoms with Crippen molar-refractivity contribution in [1.29, 1.82) is 0 Å². The van der Waals surface area contributed by atoms with Crippen LogP contribution < -0.4 is 16.4 Å². The van der Waals surface area contributed by atoms with Crippen LogP contribution in [0.5, 0.6) is 0 Å². The summed E-state index contributed by atoms with van der Waals surface area (Å²) in [7, 11) is 0. The normalized spacial score (nSPS) is 17.7. The molecule has 1 fully saturated rings. The summed E-state index contributed by atoms with van der Waals surface area (Å²) in [6.07, 6.45) is -0.789. The Morgan fingerprint density at radius 3 is 2.40 bits per heavy atom. The van der Waals surface area contributed by atoms with E-state index in [-0.39, 0.29) is 30.6 Å². The van der Waals surface area contributed by atoms with Gasteiger partial charge in [-0.3, -0.25) is 9.59 Å². The topological polar surface area (TPSA) is 114 Å². The van der Waals surface area contributed by atoms with Crippen LogP contribution in [0.3, 0.4) is 0 Å². The van der Waals surface area contributed by atoms with Gasteiger partial charge in [-0.15, -0.1) is 0 Å². The smallest absolute Gasteiger partial charge is 0.322 e. The van der Waals surface area contributed by atoms with E-state index in [0.717, 1.165) is 0 Å². The van der Waals surface area contributed by atoms with E-state index < -0.39 is 12.0 Å². The van der Waals surface area contributed by atoms with E-state index in [1.165, 1.54) is 4.90 Å². The lowest BCUT2D eigenvalue weighted by Crippen LogP contribution is -2.51. The third-order valence-electron chi connectivity index (χ3n) is 3.56. The summed E-state index contributed by atoms with van der Waals surface area (Å²) in [6.45, 7) is 6.46. The van der Waals surface area contributed by atoms with Gasteiger partial charge in [0, 0.05) is 23.3 Å². The third-order valence-corrected chi connectivity index (χ3v) is 3.56. The lowest BCUT2D eigenvalue weighted by Gasteiger charge is -2.31. The summed E-state index contributed by atoms with van der Waals surface area (Å²) >= 11 is 0. The SMILES string of the molecule is CC(C)(C)NC(=O)c1ccc(NC(=O)N2CCO[C@@H](C(N)=O)C2)cc1. The second kappa shape index (κ2) is 7.52. The van der Waals surface area contributed by atoms with Gasteiger partial charge in [0.05, 0.1) is 13.2 Å². The van der Waals surface area contributed by atoms with Crippen molar-refractivity contribution in [1.82, 2.24) is 10.2 Å². The summed E-state index contributed by atoms with van der Waals surface area (Å²) in [5.74, 6) is -0.769. The number of hydrogen-bond donors (Lipinski definition) is 3. The van der Waals surface area contributed by atoms with Crippen LogP contribution >= 0.6 is 0 Å². The fourth-order valence-corrected chi connectivity index (χ4v) is 2.33. The number of urea groups is 1. The highest BCUT2D eigenvalue weighted by atomic mass is 16.5. The van der Waals surface area contributed by atoms with Crippen molar-refractivity contribution >= 4 is 23.5 Å². The van der Waals surface area contributed by atoms with Gasteiger partial charge in [-0.1, -0.05) is 0 Å². The largest absolute Gasteiger partial charge is 0.367 e. The average molecular weight is 348 g/mol. The molecule has 0 bridgehead atoms. The van der Waals surface area contributed by atoms with Crippen molar-refractivity contribution in [3.05, 3.63) is 29.8 Å². The maximum atomic E-state index is 12.3. The molecule has 1 atom stereocenters. The van der Waals surface area contributed by atoms with E-state index in [0.29, 0.717) is 17.8 Å². The number of ether oxygens (including phenoxy) is 1. The number of morpholine rings is 1. The number of carbonyl (C=O) groups is 3. The van der Waals surface area contributed by atoms with Gasteiger partial charge in [0.15, 0.2) is 6.10 Å². The van der Waals surface area contributed by atoms with Gasteiger partial charge in [-0.05, 0) is 45.0 Å². The van der Waals surface area contributed by atoms with E-state index in [1.807, 2.05) is 20.8 Å². The predicted molar refractivity (Wildman–Crippen MR) is 93.2 cm³/mol. The van der Waals surface area contributed by atoms with Crippen molar-refractivity contribution in [2.75, 3.05) is 25.0 Å². The maximum Gasteiger partial charge on any atom is 0.322 e. The third kappa shape index (κ3) is 5.46. The Morgan fingerprint density at radius 2 is 1.84 bits per heavy atom. The fraction of sp³-hybridized carbons (Fsp3) is 0.471. The molecule has 1 aliphatic rings. The number of anilines is 1. The van der Waals surface area contributed by atoms with Crippen molar-refractivity contribution in [2.45, 2.75) is 32.4 Å². The van der Waals surface area contributed by atoms with Crippen molar-refractivity contribution in [3.8, 4) is 0 Å². The first-order valence-corrected chi connectivity index (χ1v) is 8.05. The molecule has 0 spiro atoms. The first-order valence-electron chi connectivity index (χ1n) is 8.05. The van der Waals surface area contributed by atoms with Crippen LogP contribution in [0, 0.1) is 0 Å². The Balaban J connectivity index is 1.95. The molecule has 0 aromatic heterocycles. The quantitative estimate of drug-likeness (QED) is 0.754. The van der Waals surface area contributed by atoms with E-state index in [4.69, 9.17) is 10.5 Å². The molecule has 1 aromatic rings. The van der Waals surface area contributed by atoms with E-state index in [9.17, 15) is 14.4 Å². The minimum atomic E-state index is -0.789. The average Bonchev–Trinajstić information content (AvgIpc) is 2.54. The monoisotopic (exact) mass is 348 g/mol. The first kappa shape index (κ1) is 18.7. The van der Waals surface area contributed by atoms with E-state index >= 15 is 0 Å². The Hall–Kier alpha value is -2.61. The highest BCUT2D eigenvalue weighted by Crippen LogP contribution is 2.13. The van der Waals surface area contributed by atoms with Crippen LogP contribution in [0.15, 0.2) is 24.3 Å². The maximum absolute atomic E-state index is 12.3. The summed E-state index contributed by atoms with van der Waals surface area (Å²) in [6, 6.07) is 6.24. The number of amides is 4. The van der Waals surface area contributed by atoms with E-state index in [1.54, 1.807) is 24.3 Å². The van der Waals surface area contributed by atoms with Crippen LogP contribution in [0.4, 0.5) is 10.5 Å². The summed E-state index contributed by atoms with van der Waals surface area (Å²) in [5.41, 5.74) is 5.95. The zero-order chi connectivity index (χ0) is 18.6. The van der Waals surface area contributed by atoms with E-state index in [2.05, 4.69) is 10.6 Å². The fourth-order valence-electron chi connectivity index (χ4n) is 2.33. The molecular weight excluding hydrogens is 324 g/mol. The molecule has 8 heteroatoms. The number of carbonyl (C=O) groups excluding carboxylic acids is 3. The predicted octanol–water partition coefficient (Wildman–Crippen LogP) is 0.933. The zero-order valence-corrected chi connectivity index (χ0v) is 14.7. The summed E-state index contributed by atoms with van der Waals surface area (Å²) in [4.78, 5) is 37.0. The Kier molecular flexibility index (Phi) is 5.63. The van der Waals surface area contributed by atoms with Crippen molar-refractivity contribution < 1.29 is 19.1 Å². The number of hydrogen-bond acceptors (Lipinski definition) is 4. The molecule has 0 unspecified atom stereocenters. The molecule has 136 valence electrons. The number of primary amides is 1. The molecule has 1 heterocycles. The highest BCUT2D eigenvalue weighted by molar-refractivity contribution is 5.96. The van der Waals surface area contributed by atoms with Gasteiger partial charge >= 0.3 is 6.03 Å². The van der Waals surface area contributed by atoms with Gasteiger partial charge in [0.1, 0.15) is 0 Å². The number of rotatable bonds is 3. The summed E-state index contributed by atoms with van der Waals surface area (Å²) < 4.78 is 5.21. The molecule has 0 aliphatic carbocycles. The molecule has 1 aliphatic heterocycles. The van der Waals surface area contributed by atoms with Gasteiger partial charge < -0.3 is 26.0 Å². The van der Waals surface area contributed by atoms with Crippen molar-refractivity contribution in [3.63, 3.8) is 0 Å². The molecule has 4 amide bonds. The Morgan fingerprint density at radius 1 is 1.20 bits per heavy atom. The first-order chi connectivity index (χ1) is 11.7. The number of nitrogens with zero attached hydrogens (tertiary/aromatic N) is 1. The molecule has 8 nitrogen and oxygen atoms in total. The molecule has 0 saturated carbocycles. The molecule has 0 radical (unpaired) electrons. The number of benzene rings is 1. The second-order valence-electron chi connectivity index (χ2n) is 6.92. The van der Waals surface area contributed by atoms with Crippen LogP contribution in [-0.4, -0.2) is 54.1 Å². The van der Waals surface area contributed by atoms with Crippen LogP contribution in [0.1, 0.15) is 31.1 Å². The van der Waals surface area contributed by atoms with Crippen LogP contribution in [0.2, 0.25) is 0 Å². The van der Waals surface area contributed by atoms with Gasteiger partial charge in [-0.2, -0.15) is 0 Å². The Labute approximate surface area is 146 Å². The molecule has 1 aromatic carbocycles. The summed E-state index contributed by atoms with van der Waals surface area (Å²) in [5, 5.41) is 5.60. The number of nitrogens with one attached hydrogen (secondary N) is 2. The molecule has 4 N–H and O–H groups in total. The van der Waals surface area contributed by atoms with Crippen LogP contribution in [-0.2, 0) is 9.53 Å². The standard InChI is InChI=1S/C17H24N4O4/c1-17(2,3)20-15(23)11-4-6-12(7-5-11)19-16(24)21-8-9-25-13(10-21)14(18)22/h4-7,13H,8-10H2,1-3H3,(H2,18,22)(H,19,24)(H,20,23)/t13-/m1/s1. The number of nitrogens with two attached hydrogens (primary N) is 1. The molecular formula is C17H24N4O4. The van der Waals surface area contributed by atoms with Crippen LogP contribution in [0.25, 0.3) is 0 Å². The van der Waals surface area contributed by atoms with Gasteiger partial charge in [-0.25, -0.2) is 4.79 Å². The van der Waals surface area contributed by atoms with Gasteiger partial charge in [0.2, 0.25) is 5.91 Å². The molecule has 2 rings (SSSR count). The second-order valence-corrected chi connectivity index (χ2v) is 6.92. The molecule has 25 heavy (non-hydrogen) atoms. The van der Waals surface area contributed by atoms with Crippen molar-refractivity contribution in [2.24, 2.45) is 5.73 Å². The lowest BCUT2D eigenvalue weighted by atomic mass is 10.1. The highest BCUT2D eigenvalue weighted by Gasteiger charge is 2.27. The lowest BCUT2D eigenvalue weighted by molar-refractivity contribution is -0.133. The molecule has 1 saturated heterocycles.